The van der Waals surface area contributed by atoms with Gasteiger partial charge in [-0.25, -0.2) is 15.0 Å². The van der Waals surface area contributed by atoms with E-state index >= 15 is 0 Å². The van der Waals surface area contributed by atoms with Gasteiger partial charge in [0.25, 0.3) is 5.91 Å². The van der Waals surface area contributed by atoms with Gasteiger partial charge in [-0.1, -0.05) is 0 Å². The molecule has 4 heterocycles. The maximum Gasteiger partial charge on any atom is 0.329 e. The monoisotopic (exact) mass is 370 g/mol. The molecule has 0 unspecified atom stereocenters. The number of hydrogen-bond donors (Lipinski definition) is 3. The van der Waals surface area contributed by atoms with Crippen molar-refractivity contribution in [3.63, 3.8) is 0 Å². The fraction of sp³-hybridized carbons (Fsp3) is 0.125. The summed E-state index contributed by atoms with van der Waals surface area (Å²) in [6, 6.07) is 5.01. The number of fused-ring (bicyclic) bond motifs is 1. The summed E-state index contributed by atoms with van der Waals surface area (Å²) >= 11 is 0. The van der Waals surface area contributed by atoms with E-state index in [1.807, 2.05) is 0 Å². The van der Waals surface area contributed by atoms with Crippen LogP contribution in [0.2, 0.25) is 0 Å². The first-order valence-corrected chi connectivity index (χ1v) is 7.81. The second kappa shape index (κ2) is 6.52. The van der Waals surface area contributed by atoms with Crippen LogP contribution in [0.25, 0.3) is 0 Å². The highest BCUT2D eigenvalue weighted by molar-refractivity contribution is 5.99. The number of aromatic nitrogens is 5. The first kappa shape index (κ1) is 16.7. The van der Waals surface area contributed by atoms with Gasteiger partial charge in [0.05, 0.1) is 11.9 Å². The molecule has 9 nitrogen and oxygen atoms in total. The summed E-state index contributed by atoms with van der Waals surface area (Å²) in [6.45, 7) is 0. The van der Waals surface area contributed by atoms with Gasteiger partial charge >= 0.3 is 5.92 Å². The van der Waals surface area contributed by atoms with Crippen molar-refractivity contribution in [2.75, 3.05) is 16.0 Å². The minimum absolute atomic E-state index is 0.191. The standard InChI is InChI=1S/C16H12F2N8O/c17-16(18)5-9-6-20-12(4-11(9)24-13(16)27)25-15-22-8-21-14(26-15)23-10-2-1-3-19-7-10/h1-4,6-8H,5H2,(H,24,27)(H2,20,21,22,23,25,26). The van der Waals surface area contributed by atoms with Crippen LogP contribution in [0, 0.1) is 0 Å². The van der Waals surface area contributed by atoms with Crippen LogP contribution >= 0.6 is 0 Å². The SMILES string of the molecule is O=C1Nc2cc(Nc3ncnc(Nc4cccnc4)n3)ncc2CC1(F)F. The van der Waals surface area contributed by atoms with Crippen molar-refractivity contribution < 1.29 is 13.6 Å². The molecule has 27 heavy (non-hydrogen) atoms. The van der Waals surface area contributed by atoms with Crippen molar-refractivity contribution in [1.82, 2.24) is 24.9 Å². The Morgan fingerprint density at radius 1 is 1.11 bits per heavy atom. The number of carbonyl (C=O) groups is 1. The Hall–Kier alpha value is -3.76. The number of anilines is 5. The van der Waals surface area contributed by atoms with Crippen LogP contribution < -0.4 is 16.0 Å². The number of rotatable bonds is 4. The van der Waals surface area contributed by atoms with E-state index < -0.39 is 18.3 Å². The number of hydrogen-bond acceptors (Lipinski definition) is 8. The maximum absolute atomic E-state index is 13.5. The molecule has 0 fully saturated rings. The molecule has 3 aromatic rings. The molecular weight excluding hydrogens is 358 g/mol. The number of nitrogens with zero attached hydrogens (tertiary/aromatic N) is 5. The zero-order valence-corrected chi connectivity index (χ0v) is 13.6. The Bertz CT molecular complexity index is 999. The average molecular weight is 370 g/mol. The molecule has 0 atom stereocenters. The van der Waals surface area contributed by atoms with Crippen molar-refractivity contribution in [3.05, 3.63) is 48.7 Å². The minimum atomic E-state index is -3.44. The molecule has 3 N–H and O–H groups in total. The van der Waals surface area contributed by atoms with E-state index in [0.29, 0.717) is 5.69 Å². The molecular formula is C16H12F2N8O. The molecule has 1 amide bonds. The maximum atomic E-state index is 13.5. The third-order valence-electron chi connectivity index (χ3n) is 3.71. The van der Waals surface area contributed by atoms with Gasteiger partial charge in [-0.15, -0.1) is 0 Å². The van der Waals surface area contributed by atoms with Crippen molar-refractivity contribution in [1.29, 1.82) is 0 Å². The second-order valence-corrected chi connectivity index (χ2v) is 5.69. The lowest BCUT2D eigenvalue weighted by atomic mass is 10.0. The Morgan fingerprint density at radius 3 is 2.70 bits per heavy atom. The first-order valence-electron chi connectivity index (χ1n) is 7.81. The van der Waals surface area contributed by atoms with Gasteiger partial charge in [0.2, 0.25) is 11.9 Å². The molecule has 1 aliphatic heterocycles. The molecule has 0 radical (unpaired) electrons. The van der Waals surface area contributed by atoms with Gasteiger partial charge in [0.15, 0.2) is 0 Å². The molecule has 0 saturated carbocycles. The summed E-state index contributed by atoms with van der Waals surface area (Å²) in [6.07, 6.45) is 5.14. The molecule has 136 valence electrons. The van der Waals surface area contributed by atoms with Gasteiger partial charge in [0, 0.05) is 36.1 Å². The van der Waals surface area contributed by atoms with Crippen LogP contribution in [-0.4, -0.2) is 36.7 Å². The van der Waals surface area contributed by atoms with Gasteiger partial charge in [-0.05, 0) is 12.1 Å². The highest BCUT2D eigenvalue weighted by Gasteiger charge is 2.43. The number of alkyl halides is 2. The summed E-state index contributed by atoms with van der Waals surface area (Å²) in [5.74, 6) is -4.01. The predicted octanol–water partition coefficient (Wildman–Crippen LogP) is 2.28. The highest BCUT2D eigenvalue weighted by atomic mass is 19.3. The largest absolute Gasteiger partial charge is 0.329 e. The Kier molecular flexibility index (Phi) is 4.03. The zero-order chi connectivity index (χ0) is 18.9. The summed E-state index contributed by atoms with van der Waals surface area (Å²) in [5.41, 5.74) is 1.22. The number of pyridine rings is 2. The highest BCUT2D eigenvalue weighted by Crippen LogP contribution is 2.32. The molecule has 4 rings (SSSR count). The van der Waals surface area contributed by atoms with Crippen molar-refractivity contribution >= 4 is 35.0 Å². The van der Waals surface area contributed by atoms with E-state index in [4.69, 9.17) is 0 Å². The lowest BCUT2D eigenvalue weighted by Crippen LogP contribution is -2.40. The van der Waals surface area contributed by atoms with Crippen LogP contribution in [0.3, 0.4) is 0 Å². The topological polar surface area (TPSA) is 118 Å². The van der Waals surface area contributed by atoms with Gasteiger partial charge in [-0.3, -0.25) is 9.78 Å². The smallest absolute Gasteiger partial charge is 0.323 e. The number of nitrogens with one attached hydrogen (secondary N) is 3. The fourth-order valence-corrected chi connectivity index (χ4v) is 2.44. The zero-order valence-electron chi connectivity index (χ0n) is 13.6. The molecule has 1 aliphatic rings. The van der Waals surface area contributed by atoms with Crippen molar-refractivity contribution in [2.45, 2.75) is 12.3 Å². The van der Waals surface area contributed by atoms with Crippen LogP contribution in [0.15, 0.2) is 43.1 Å². The predicted molar refractivity (Wildman–Crippen MR) is 92.1 cm³/mol. The number of amides is 1. The van der Waals surface area contributed by atoms with Crippen LogP contribution in [0.5, 0.6) is 0 Å². The van der Waals surface area contributed by atoms with Crippen LogP contribution in [0.1, 0.15) is 5.56 Å². The molecule has 0 aliphatic carbocycles. The summed E-state index contributed by atoms with van der Waals surface area (Å²) in [5, 5.41) is 8.00. The normalized spacial score (nSPS) is 14.8. The lowest BCUT2D eigenvalue weighted by molar-refractivity contribution is -0.140. The van der Waals surface area contributed by atoms with Crippen LogP contribution in [0.4, 0.5) is 37.9 Å². The van der Waals surface area contributed by atoms with E-state index in [9.17, 15) is 13.6 Å². The number of halogens is 2. The lowest BCUT2D eigenvalue weighted by Gasteiger charge is -2.24. The number of carbonyl (C=O) groups excluding carboxylic acids is 1. The Balaban J connectivity index is 1.52. The van der Waals surface area contributed by atoms with Gasteiger partial charge < -0.3 is 16.0 Å². The Labute approximate surface area is 151 Å². The van der Waals surface area contributed by atoms with Crippen LogP contribution in [-0.2, 0) is 11.2 Å². The quantitative estimate of drug-likeness (QED) is 0.640. The van der Waals surface area contributed by atoms with E-state index in [2.05, 4.69) is 40.9 Å². The van der Waals surface area contributed by atoms with E-state index in [1.165, 1.54) is 18.6 Å². The van der Waals surface area contributed by atoms with Crippen molar-refractivity contribution in [3.8, 4) is 0 Å². The fourth-order valence-electron chi connectivity index (χ4n) is 2.44. The summed E-state index contributed by atoms with van der Waals surface area (Å²) in [7, 11) is 0. The molecule has 0 saturated heterocycles. The molecule has 0 bridgehead atoms. The van der Waals surface area contributed by atoms with E-state index in [-0.39, 0.29) is 29.0 Å². The van der Waals surface area contributed by atoms with E-state index in [0.717, 1.165) is 0 Å². The molecule has 3 aromatic heterocycles. The van der Waals surface area contributed by atoms with Crippen molar-refractivity contribution in [2.24, 2.45) is 0 Å². The molecule has 0 spiro atoms. The molecule has 11 heteroatoms. The summed E-state index contributed by atoms with van der Waals surface area (Å²) < 4.78 is 26.9. The first-order chi connectivity index (χ1) is 13.0. The van der Waals surface area contributed by atoms with Gasteiger partial charge in [0.1, 0.15) is 12.1 Å². The molecule has 0 aromatic carbocycles. The average Bonchev–Trinajstić information content (AvgIpc) is 2.64. The third-order valence-corrected chi connectivity index (χ3v) is 3.71. The van der Waals surface area contributed by atoms with Gasteiger partial charge in [-0.2, -0.15) is 13.8 Å². The minimum Gasteiger partial charge on any atom is -0.323 e. The Morgan fingerprint density at radius 2 is 1.93 bits per heavy atom. The summed E-state index contributed by atoms with van der Waals surface area (Å²) in [4.78, 5) is 31.7. The third kappa shape index (κ3) is 3.61. The van der Waals surface area contributed by atoms with E-state index in [1.54, 1.807) is 24.5 Å². The second-order valence-electron chi connectivity index (χ2n) is 5.69.